The van der Waals surface area contributed by atoms with Crippen LogP contribution in [0.15, 0.2) is 109 Å². The normalized spacial score (nSPS) is 14.6. The second-order valence-electron chi connectivity index (χ2n) is 15.7. The number of hydrogen-bond donors (Lipinski definition) is 1. The van der Waals surface area contributed by atoms with Gasteiger partial charge in [0.15, 0.2) is 6.10 Å². The molecule has 2 atom stereocenters. The maximum absolute atomic E-state index is 12.7. The Balaban J connectivity index is 4.53. The number of carbonyl (C=O) groups excluding carboxylic acids is 2. The third-order valence-corrected chi connectivity index (χ3v) is 9.77. The molecule has 0 aliphatic rings. The van der Waals surface area contributed by atoms with Gasteiger partial charge in [-0.3, -0.25) is 18.6 Å². The first-order valence-electron chi connectivity index (χ1n) is 22.6. The van der Waals surface area contributed by atoms with Gasteiger partial charge in [0, 0.05) is 12.8 Å². The minimum Gasteiger partial charge on any atom is -0.462 e. The Hall–Kier alpha value is -3.33. The molecule has 0 aliphatic carbocycles. The van der Waals surface area contributed by atoms with E-state index in [1.807, 2.05) is 21.1 Å². The zero-order valence-corrected chi connectivity index (χ0v) is 39.0. The van der Waals surface area contributed by atoms with Crippen LogP contribution in [0.1, 0.15) is 142 Å². The minimum atomic E-state index is -4.41. The van der Waals surface area contributed by atoms with Crippen molar-refractivity contribution in [3.05, 3.63) is 109 Å². The van der Waals surface area contributed by atoms with Gasteiger partial charge in [-0.25, -0.2) is 4.57 Å². The van der Waals surface area contributed by atoms with Crippen molar-refractivity contribution in [3.63, 3.8) is 0 Å². The van der Waals surface area contributed by atoms with Crippen molar-refractivity contribution in [2.45, 2.75) is 148 Å². The van der Waals surface area contributed by atoms with Gasteiger partial charge in [-0.05, 0) is 96.3 Å². The number of phosphoric acid groups is 1. The van der Waals surface area contributed by atoms with Gasteiger partial charge in [0.05, 0.1) is 27.7 Å². The number of hydrogen-bond acceptors (Lipinski definition) is 7. The van der Waals surface area contributed by atoms with E-state index in [2.05, 4.69) is 123 Å². The molecule has 1 unspecified atom stereocenters. The third-order valence-electron chi connectivity index (χ3n) is 8.79. The van der Waals surface area contributed by atoms with Crippen LogP contribution in [0.25, 0.3) is 0 Å². The number of phosphoric ester groups is 1. The van der Waals surface area contributed by atoms with Gasteiger partial charge in [-0.2, -0.15) is 0 Å². The molecular weight excluding hydrogens is 774 g/mol. The van der Waals surface area contributed by atoms with Crippen LogP contribution >= 0.6 is 7.82 Å². The van der Waals surface area contributed by atoms with Crippen LogP contribution in [0.3, 0.4) is 0 Å². The van der Waals surface area contributed by atoms with E-state index < -0.39 is 32.5 Å². The fraction of sp³-hybridized carbons (Fsp3) is 0.600. The van der Waals surface area contributed by atoms with E-state index in [1.54, 1.807) is 0 Å². The molecule has 0 aromatic rings. The van der Waals surface area contributed by atoms with Crippen molar-refractivity contribution in [2.75, 3.05) is 47.5 Å². The lowest BCUT2D eigenvalue weighted by Crippen LogP contribution is -2.37. The van der Waals surface area contributed by atoms with Crippen molar-refractivity contribution in [1.82, 2.24) is 0 Å². The lowest BCUT2D eigenvalue weighted by atomic mass is 10.1. The fourth-order valence-corrected chi connectivity index (χ4v) is 6.01. The second-order valence-corrected chi connectivity index (χ2v) is 17.1. The summed E-state index contributed by atoms with van der Waals surface area (Å²) in [6, 6.07) is 0. The first kappa shape index (κ1) is 56.7. The van der Waals surface area contributed by atoms with E-state index in [1.165, 1.54) is 25.7 Å². The molecule has 0 fully saturated rings. The van der Waals surface area contributed by atoms with Gasteiger partial charge in [0.25, 0.3) is 0 Å². The summed E-state index contributed by atoms with van der Waals surface area (Å²) in [6.45, 7) is 4.14. The summed E-state index contributed by atoms with van der Waals surface area (Å²) in [5.74, 6) is -0.915. The van der Waals surface area contributed by atoms with E-state index in [0.29, 0.717) is 23.9 Å². The van der Waals surface area contributed by atoms with Gasteiger partial charge in [-0.1, -0.05) is 142 Å². The Morgan fingerprint density at radius 3 is 1.43 bits per heavy atom. The molecule has 340 valence electrons. The number of rotatable bonds is 39. The number of esters is 2. The molecule has 9 nitrogen and oxygen atoms in total. The highest BCUT2D eigenvalue weighted by atomic mass is 31.2. The predicted octanol–water partition coefficient (Wildman–Crippen LogP) is 13.1. The average Bonchev–Trinajstić information content (AvgIpc) is 3.20. The summed E-state index contributed by atoms with van der Waals surface area (Å²) in [5.41, 5.74) is 0. The van der Waals surface area contributed by atoms with Crippen LogP contribution in [0.4, 0.5) is 0 Å². The Kier molecular flexibility index (Phi) is 38.8. The third kappa shape index (κ3) is 44.2. The molecule has 0 rings (SSSR count). The summed E-state index contributed by atoms with van der Waals surface area (Å²) < 4.78 is 34.2. The first-order valence-corrected chi connectivity index (χ1v) is 24.1. The van der Waals surface area contributed by atoms with Gasteiger partial charge < -0.3 is 18.9 Å². The zero-order valence-electron chi connectivity index (χ0n) is 38.1. The molecule has 0 bridgehead atoms. The van der Waals surface area contributed by atoms with Gasteiger partial charge in [-0.15, -0.1) is 0 Å². The fourth-order valence-electron chi connectivity index (χ4n) is 5.27. The van der Waals surface area contributed by atoms with E-state index in [4.69, 9.17) is 18.5 Å². The van der Waals surface area contributed by atoms with E-state index in [0.717, 1.165) is 77.0 Å². The predicted molar refractivity (Wildman–Crippen MR) is 251 cm³/mol. The maximum Gasteiger partial charge on any atom is 0.472 e. The highest BCUT2D eigenvalue weighted by Gasteiger charge is 2.27. The molecule has 0 radical (unpaired) electrons. The summed E-state index contributed by atoms with van der Waals surface area (Å²) in [6.07, 6.45) is 55.7. The molecule has 0 aromatic heterocycles. The van der Waals surface area contributed by atoms with Crippen LogP contribution in [-0.2, 0) is 32.7 Å². The number of unbranched alkanes of at least 4 members (excludes halogenated alkanes) is 7. The standard InChI is InChI=1S/C50H82NO8P/c1-6-8-10-12-14-16-18-20-22-24-25-27-29-31-33-35-37-39-41-43-50(53)59-48(47-58-60(54,55)57-45-44-51(3,4)5)46-56-49(52)42-40-38-36-34-32-30-28-26-23-21-19-17-15-13-11-9-7-2/h8,10,14-17,20-23,25,27-28,30-31,33-34,36,48H,6-7,9,11-13,18-19,24,26,29,32,35,37-47H2,1-5H3/p+1/b10-8-,16-14-,17-15-,22-20-,23-21-,27-25-,30-28-,33-31-,36-34-/t48-/m1/s1. The van der Waals surface area contributed by atoms with Gasteiger partial charge in [0.2, 0.25) is 0 Å². The number of nitrogens with zero attached hydrogens (tertiary/aromatic N) is 1. The van der Waals surface area contributed by atoms with Gasteiger partial charge in [0.1, 0.15) is 19.8 Å². The summed E-state index contributed by atoms with van der Waals surface area (Å²) in [7, 11) is 1.40. The van der Waals surface area contributed by atoms with Crippen molar-refractivity contribution in [1.29, 1.82) is 0 Å². The summed E-state index contributed by atoms with van der Waals surface area (Å²) in [4.78, 5) is 35.4. The smallest absolute Gasteiger partial charge is 0.462 e. The monoisotopic (exact) mass is 857 g/mol. The van der Waals surface area contributed by atoms with E-state index in [9.17, 15) is 19.0 Å². The molecule has 0 spiro atoms. The molecule has 0 aromatic carbocycles. The largest absolute Gasteiger partial charge is 0.472 e. The average molecular weight is 857 g/mol. The maximum atomic E-state index is 12.7. The SMILES string of the molecule is CC/C=C\C/C=C\C/C=C\C/C=C\C/C=C\CCCCCC(=O)O[C@H](COC(=O)CCC/C=C\C/C=C\C/C=C\C/C=C\CCCCC)COP(=O)(O)OCC[N+](C)(C)C. The number of allylic oxidation sites excluding steroid dienone is 18. The molecule has 0 heterocycles. The molecule has 0 saturated carbocycles. The van der Waals surface area contributed by atoms with Crippen LogP contribution < -0.4 is 0 Å². The molecule has 0 amide bonds. The molecule has 1 N–H and O–H groups in total. The summed E-state index contributed by atoms with van der Waals surface area (Å²) in [5, 5.41) is 0. The number of likely N-dealkylation sites (N-methyl/N-ethyl adjacent to an activating group) is 1. The van der Waals surface area contributed by atoms with Gasteiger partial charge >= 0.3 is 19.8 Å². The quantitative estimate of drug-likeness (QED) is 0.0214. The Labute approximate surface area is 366 Å². The lowest BCUT2D eigenvalue weighted by Gasteiger charge is -2.24. The van der Waals surface area contributed by atoms with Crippen molar-refractivity contribution < 1.29 is 42.1 Å². The van der Waals surface area contributed by atoms with Crippen molar-refractivity contribution >= 4 is 19.8 Å². The number of carbonyl (C=O) groups is 2. The highest BCUT2D eigenvalue weighted by Crippen LogP contribution is 2.43. The molecule has 60 heavy (non-hydrogen) atoms. The van der Waals surface area contributed by atoms with Crippen molar-refractivity contribution in [3.8, 4) is 0 Å². The lowest BCUT2D eigenvalue weighted by molar-refractivity contribution is -0.870. The first-order chi connectivity index (χ1) is 29.0. The van der Waals surface area contributed by atoms with Crippen molar-refractivity contribution in [2.24, 2.45) is 0 Å². The Morgan fingerprint density at radius 2 is 0.967 bits per heavy atom. The van der Waals surface area contributed by atoms with Crippen LogP contribution in [0.5, 0.6) is 0 Å². The van der Waals surface area contributed by atoms with E-state index in [-0.39, 0.29) is 26.1 Å². The van der Waals surface area contributed by atoms with Crippen LogP contribution in [0, 0.1) is 0 Å². The molecule has 10 heteroatoms. The van der Waals surface area contributed by atoms with Crippen LogP contribution in [0.2, 0.25) is 0 Å². The summed E-state index contributed by atoms with van der Waals surface area (Å²) >= 11 is 0. The zero-order chi connectivity index (χ0) is 44.3. The minimum absolute atomic E-state index is 0.00970. The van der Waals surface area contributed by atoms with E-state index >= 15 is 0 Å². The highest BCUT2D eigenvalue weighted by molar-refractivity contribution is 7.47. The Morgan fingerprint density at radius 1 is 0.533 bits per heavy atom. The molecular formula is C50H83NO8P+. The number of quaternary nitrogens is 1. The molecule has 0 aliphatic heterocycles. The number of ether oxygens (including phenoxy) is 2. The Bertz CT molecular complexity index is 1380. The topological polar surface area (TPSA) is 108 Å². The van der Waals surface area contributed by atoms with Crippen LogP contribution in [-0.4, -0.2) is 74.9 Å². The second kappa shape index (κ2) is 41.0. The molecule has 0 saturated heterocycles.